The number of fused-ring (bicyclic) bond motifs is 5. The quantitative estimate of drug-likeness (QED) is 0.647. The van der Waals surface area contributed by atoms with E-state index >= 15 is 0 Å². The summed E-state index contributed by atoms with van der Waals surface area (Å²) in [6.45, 7) is 6.82. The lowest BCUT2D eigenvalue weighted by molar-refractivity contribution is -0.158. The Morgan fingerprint density at radius 1 is 0.821 bits per heavy atom. The zero-order valence-corrected chi connectivity index (χ0v) is 18.2. The van der Waals surface area contributed by atoms with E-state index in [0.29, 0.717) is 31.0 Å². The molecule has 162 valence electrons. The highest BCUT2D eigenvalue weighted by Crippen LogP contribution is 2.68. The minimum Gasteiger partial charge on any atom is -0.395 e. The molecule has 0 aromatic rings. The minimum atomic E-state index is -0.683. The molecule has 4 rings (SSSR count). The Kier molecular flexibility index (Phi) is 5.90. The second-order valence-electron chi connectivity index (χ2n) is 11.2. The first-order valence-electron chi connectivity index (χ1n) is 12.0. The highest BCUT2D eigenvalue weighted by Gasteiger charge is 2.64. The maximum absolute atomic E-state index is 11.9. The molecule has 0 radical (unpaired) electrons. The molecule has 4 nitrogen and oxygen atoms in total. The van der Waals surface area contributed by atoms with E-state index in [9.17, 15) is 15.3 Å². The highest BCUT2D eigenvalue weighted by molar-refractivity contribution is 5.14. The zero-order valence-electron chi connectivity index (χ0n) is 18.2. The molecule has 0 aromatic heterocycles. The molecule has 0 bridgehead atoms. The molecular formula is C24H43NO3. The second-order valence-corrected chi connectivity index (χ2v) is 11.2. The fourth-order valence-corrected chi connectivity index (χ4v) is 8.59. The van der Waals surface area contributed by atoms with Gasteiger partial charge in [0, 0.05) is 25.0 Å². The third-order valence-corrected chi connectivity index (χ3v) is 10.2. The minimum absolute atomic E-state index is 0.0187. The van der Waals surface area contributed by atoms with Crippen LogP contribution in [-0.2, 0) is 0 Å². The number of hydrogen-bond donors (Lipinski definition) is 3. The van der Waals surface area contributed by atoms with Gasteiger partial charge in [-0.1, -0.05) is 26.7 Å². The van der Waals surface area contributed by atoms with Gasteiger partial charge < -0.3 is 15.3 Å². The van der Waals surface area contributed by atoms with E-state index in [1.807, 2.05) is 0 Å². The summed E-state index contributed by atoms with van der Waals surface area (Å²) >= 11 is 0. The van der Waals surface area contributed by atoms with Crippen LogP contribution in [0, 0.1) is 34.5 Å². The van der Waals surface area contributed by atoms with Crippen molar-refractivity contribution in [2.24, 2.45) is 34.5 Å². The summed E-state index contributed by atoms with van der Waals surface area (Å²) in [4.78, 5) is 2.07. The molecule has 0 saturated heterocycles. The normalized spacial score (nSPS) is 48.2. The third kappa shape index (κ3) is 3.18. The van der Waals surface area contributed by atoms with Crippen LogP contribution < -0.4 is 0 Å². The molecule has 7 atom stereocenters. The van der Waals surface area contributed by atoms with Gasteiger partial charge >= 0.3 is 0 Å². The molecule has 4 aliphatic rings. The predicted octanol–water partition coefficient (Wildman–Crippen LogP) is 3.44. The van der Waals surface area contributed by atoms with Gasteiger partial charge in [0.2, 0.25) is 0 Å². The number of nitrogens with zero attached hydrogens (tertiary/aromatic N) is 1. The standard InChI is InChI=1S/C24H43NO3/c1-22-10-4-3-5-18(22)6-7-19-20(22)8-11-23(2)21(19)9-12-24(23,28)17-25(13-15-26)14-16-27/h18-21,26-28H,3-17H2,1-2H3/t18-,19-,20+,21+,22-,23+,24+/m0/s1. The van der Waals surface area contributed by atoms with Crippen molar-refractivity contribution in [3.63, 3.8) is 0 Å². The van der Waals surface area contributed by atoms with E-state index in [-0.39, 0.29) is 18.6 Å². The van der Waals surface area contributed by atoms with Crippen molar-refractivity contribution in [1.29, 1.82) is 0 Å². The molecule has 0 spiro atoms. The molecule has 4 heteroatoms. The van der Waals surface area contributed by atoms with Gasteiger partial charge in [-0.05, 0) is 80.5 Å². The van der Waals surface area contributed by atoms with Gasteiger partial charge in [-0.3, -0.25) is 4.90 Å². The number of aliphatic hydroxyl groups is 3. The van der Waals surface area contributed by atoms with E-state index in [1.54, 1.807) is 0 Å². The summed E-state index contributed by atoms with van der Waals surface area (Å²) in [5, 5.41) is 30.7. The lowest BCUT2D eigenvalue weighted by atomic mass is 9.44. The van der Waals surface area contributed by atoms with Gasteiger partial charge in [-0.25, -0.2) is 0 Å². The van der Waals surface area contributed by atoms with E-state index in [2.05, 4.69) is 18.7 Å². The summed E-state index contributed by atoms with van der Waals surface area (Å²) < 4.78 is 0. The van der Waals surface area contributed by atoms with E-state index in [1.165, 1.54) is 44.9 Å². The van der Waals surface area contributed by atoms with Gasteiger partial charge in [0.05, 0.1) is 18.8 Å². The van der Waals surface area contributed by atoms with Crippen molar-refractivity contribution < 1.29 is 15.3 Å². The zero-order chi connectivity index (χ0) is 20.0. The molecule has 0 unspecified atom stereocenters. The molecule has 4 saturated carbocycles. The van der Waals surface area contributed by atoms with Crippen LogP contribution in [0.1, 0.15) is 78.1 Å². The molecule has 28 heavy (non-hydrogen) atoms. The average molecular weight is 394 g/mol. The highest BCUT2D eigenvalue weighted by atomic mass is 16.3. The fourth-order valence-electron chi connectivity index (χ4n) is 8.59. The van der Waals surface area contributed by atoms with Crippen LogP contribution >= 0.6 is 0 Å². The lowest BCUT2D eigenvalue weighted by Gasteiger charge is -2.61. The molecule has 4 fully saturated rings. The van der Waals surface area contributed by atoms with E-state index in [4.69, 9.17) is 0 Å². The molecule has 0 heterocycles. The number of rotatable bonds is 6. The van der Waals surface area contributed by atoms with Crippen molar-refractivity contribution in [2.45, 2.75) is 83.7 Å². The summed E-state index contributed by atoms with van der Waals surface area (Å²) in [5.74, 6) is 3.23. The first-order chi connectivity index (χ1) is 13.4. The maximum atomic E-state index is 11.9. The topological polar surface area (TPSA) is 63.9 Å². The van der Waals surface area contributed by atoms with Crippen molar-refractivity contribution >= 4 is 0 Å². The Balaban J connectivity index is 1.54. The van der Waals surface area contributed by atoms with Crippen LogP contribution in [0.5, 0.6) is 0 Å². The van der Waals surface area contributed by atoms with Crippen molar-refractivity contribution in [1.82, 2.24) is 4.90 Å². The van der Waals surface area contributed by atoms with Crippen LogP contribution in [0.2, 0.25) is 0 Å². The number of aliphatic hydroxyl groups excluding tert-OH is 2. The summed E-state index contributed by atoms with van der Waals surface area (Å²) in [5.41, 5.74) is -0.157. The molecular weight excluding hydrogens is 350 g/mol. The van der Waals surface area contributed by atoms with E-state index < -0.39 is 5.60 Å². The monoisotopic (exact) mass is 393 g/mol. The van der Waals surface area contributed by atoms with Gasteiger partial charge in [0.25, 0.3) is 0 Å². The molecule has 4 aliphatic carbocycles. The number of hydrogen-bond acceptors (Lipinski definition) is 4. The maximum Gasteiger partial charge on any atom is 0.0830 e. The van der Waals surface area contributed by atoms with Crippen molar-refractivity contribution in [3.05, 3.63) is 0 Å². The smallest absolute Gasteiger partial charge is 0.0830 e. The van der Waals surface area contributed by atoms with E-state index in [0.717, 1.165) is 37.0 Å². The summed E-state index contributed by atoms with van der Waals surface area (Å²) in [6, 6.07) is 0. The Bertz CT molecular complexity index is 550. The largest absolute Gasteiger partial charge is 0.395 e. The Morgan fingerprint density at radius 3 is 2.25 bits per heavy atom. The third-order valence-electron chi connectivity index (χ3n) is 10.2. The average Bonchev–Trinajstić information content (AvgIpc) is 2.93. The van der Waals surface area contributed by atoms with Gasteiger partial charge in [-0.2, -0.15) is 0 Å². The first kappa shape index (κ1) is 21.1. The molecule has 0 aliphatic heterocycles. The fraction of sp³-hybridized carbons (Fsp3) is 1.00. The van der Waals surface area contributed by atoms with Crippen LogP contribution in [0.4, 0.5) is 0 Å². The van der Waals surface area contributed by atoms with Crippen LogP contribution in [0.25, 0.3) is 0 Å². The van der Waals surface area contributed by atoms with Crippen molar-refractivity contribution in [3.8, 4) is 0 Å². The summed E-state index contributed by atoms with van der Waals surface area (Å²) in [6.07, 6.45) is 13.0. The predicted molar refractivity (Wildman–Crippen MR) is 112 cm³/mol. The van der Waals surface area contributed by atoms with Gasteiger partial charge in [-0.15, -0.1) is 0 Å². The second kappa shape index (κ2) is 7.83. The van der Waals surface area contributed by atoms with Crippen LogP contribution in [0.3, 0.4) is 0 Å². The van der Waals surface area contributed by atoms with Crippen LogP contribution in [0.15, 0.2) is 0 Å². The Labute approximate surface area is 171 Å². The molecule has 0 aromatic carbocycles. The van der Waals surface area contributed by atoms with Crippen LogP contribution in [-0.4, -0.2) is 58.7 Å². The van der Waals surface area contributed by atoms with Gasteiger partial charge in [0.15, 0.2) is 0 Å². The molecule has 0 amide bonds. The lowest BCUT2D eigenvalue weighted by Crippen LogP contribution is -2.59. The van der Waals surface area contributed by atoms with Gasteiger partial charge in [0.1, 0.15) is 0 Å². The molecule has 3 N–H and O–H groups in total. The first-order valence-corrected chi connectivity index (χ1v) is 12.0. The van der Waals surface area contributed by atoms with Crippen molar-refractivity contribution in [2.75, 3.05) is 32.8 Å². The SMILES string of the molecule is C[C@]12CCCC[C@H]1CC[C@H]1[C@H]2CC[C@]2(C)[C@@H]1CC[C@@]2(O)CN(CCO)CCO. The Morgan fingerprint density at radius 2 is 1.54 bits per heavy atom. The Hall–Kier alpha value is -0.160. The summed E-state index contributed by atoms with van der Waals surface area (Å²) in [7, 11) is 0.